The van der Waals surface area contributed by atoms with E-state index in [1.54, 1.807) is 24.8 Å². The topological polar surface area (TPSA) is 42.8 Å². The van der Waals surface area contributed by atoms with E-state index in [0.29, 0.717) is 11.5 Å². The standard InChI is InChI=1S/C18H20N2O2S/c1-5-6-13-7-8-14(15(9-13)21-4)22-17-16-11(2)12(3)23-18(16)20-10-19-17/h5-10,17H,1-4H3,(H,19,20)/b6-5+/t17-/m1/s1. The monoisotopic (exact) mass is 328 g/mol. The van der Waals surface area contributed by atoms with E-state index < -0.39 is 0 Å². The maximum atomic E-state index is 6.15. The molecule has 1 aliphatic rings. The second-order valence-corrected chi connectivity index (χ2v) is 6.55. The zero-order valence-corrected chi connectivity index (χ0v) is 14.5. The molecule has 1 aromatic carbocycles. The Morgan fingerprint density at radius 2 is 2.09 bits per heavy atom. The van der Waals surface area contributed by atoms with Gasteiger partial charge in [-0.25, -0.2) is 4.99 Å². The minimum absolute atomic E-state index is 0.349. The molecule has 0 amide bonds. The van der Waals surface area contributed by atoms with Crippen molar-refractivity contribution in [1.82, 2.24) is 0 Å². The maximum absolute atomic E-state index is 6.15. The van der Waals surface area contributed by atoms with Crippen LogP contribution in [0.5, 0.6) is 11.5 Å². The fourth-order valence-electron chi connectivity index (χ4n) is 2.57. The van der Waals surface area contributed by atoms with Crippen LogP contribution in [0.25, 0.3) is 6.08 Å². The van der Waals surface area contributed by atoms with Crippen LogP contribution in [0.4, 0.5) is 5.00 Å². The average Bonchev–Trinajstić information content (AvgIpc) is 2.84. The number of aliphatic imine (C=N–C) groups is 1. The third kappa shape index (κ3) is 2.97. The molecule has 0 unspecified atom stereocenters. The molecule has 4 nitrogen and oxygen atoms in total. The van der Waals surface area contributed by atoms with Gasteiger partial charge in [0.15, 0.2) is 11.5 Å². The molecular weight excluding hydrogens is 308 g/mol. The van der Waals surface area contributed by atoms with Gasteiger partial charge in [0.05, 0.1) is 19.0 Å². The number of rotatable bonds is 4. The summed E-state index contributed by atoms with van der Waals surface area (Å²) in [5.74, 6) is 1.40. The zero-order valence-electron chi connectivity index (χ0n) is 13.7. The molecule has 3 rings (SSSR count). The summed E-state index contributed by atoms with van der Waals surface area (Å²) in [5, 5.41) is 4.30. The predicted molar refractivity (Wildman–Crippen MR) is 97.0 cm³/mol. The Bertz CT molecular complexity index is 778. The lowest BCUT2D eigenvalue weighted by atomic mass is 10.1. The van der Waals surface area contributed by atoms with Gasteiger partial charge in [-0.2, -0.15) is 0 Å². The molecule has 1 N–H and O–H groups in total. The number of nitrogens with zero attached hydrogens (tertiary/aromatic N) is 1. The van der Waals surface area contributed by atoms with Gasteiger partial charge in [-0.05, 0) is 44.0 Å². The smallest absolute Gasteiger partial charge is 0.220 e. The molecule has 0 fully saturated rings. The highest BCUT2D eigenvalue weighted by Crippen LogP contribution is 2.42. The molecule has 2 heterocycles. The van der Waals surface area contributed by atoms with Crippen LogP contribution in [-0.4, -0.2) is 13.4 Å². The van der Waals surface area contributed by atoms with Gasteiger partial charge in [-0.15, -0.1) is 11.3 Å². The van der Waals surface area contributed by atoms with Gasteiger partial charge in [0.25, 0.3) is 0 Å². The van der Waals surface area contributed by atoms with Crippen LogP contribution in [-0.2, 0) is 0 Å². The summed E-state index contributed by atoms with van der Waals surface area (Å²) < 4.78 is 11.6. The molecule has 1 aliphatic heterocycles. The summed E-state index contributed by atoms with van der Waals surface area (Å²) in [6.45, 7) is 6.21. The molecule has 2 aromatic rings. The van der Waals surface area contributed by atoms with Crippen LogP contribution in [0.1, 0.15) is 34.7 Å². The maximum Gasteiger partial charge on any atom is 0.220 e. The molecule has 0 aliphatic carbocycles. The molecular formula is C18H20N2O2S. The summed E-state index contributed by atoms with van der Waals surface area (Å²) in [7, 11) is 1.65. The van der Waals surface area contributed by atoms with E-state index in [1.165, 1.54) is 10.4 Å². The number of hydrogen-bond acceptors (Lipinski definition) is 5. The average molecular weight is 328 g/mol. The number of methoxy groups -OCH3 is 1. The number of ether oxygens (including phenoxy) is 2. The lowest BCUT2D eigenvalue weighted by molar-refractivity contribution is 0.206. The van der Waals surface area contributed by atoms with E-state index in [9.17, 15) is 0 Å². The molecule has 120 valence electrons. The first-order valence-corrected chi connectivity index (χ1v) is 8.31. The Kier molecular flexibility index (Phi) is 4.39. The van der Waals surface area contributed by atoms with Gasteiger partial charge in [0.1, 0.15) is 5.00 Å². The van der Waals surface area contributed by atoms with E-state index in [2.05, 4.69) is 24.2 Å². The minimum Gasteiger partial charge on any atom is -0.493 e. The highest BCUT2D eigenvalue weighted by atomic mass is 32.1. The van der Waals surface area contributed by atoms with Gasteiger partial charge in [0, 0.05) is 4.88 Å². The molecule has 1 aromatic heterocycles. The van der Waals surface area contributed by atoms with Crippen LogP contribution in [0.15, 0.2) is 29.3 Å². The van der Waals surface area contributed by atoms with Crippen molar-refractivity contribution in [3.05, 3.63) is 45.8 Å². The van der Waals surface area contributed by atoms with Crippen molar-refractivity contribution in [2.45, 2.75) is 27.0 Å². The number of aryl methyl sites for hydroxylation is 1. The molecule has 0 bridgehead atoms. The fraction of sp³-hybridized carbons (Fsp3) is 0.278. The van der Waals surface area contributed by atoms with Crippen LogP contribution < -0.4 is 14.8 Å². The third-order valence-electron chi connectivity index (χ3n) is 3.87. The number of nitrogens with one attached hydrogen (secondary N) is 1. The molecule has 23 heavy (non-hydrogen) atoms. The first-order valence-electron chi connectivity index (χ1n) is 7.49. The molecule has 0 radical (unpaired) electrons. The first-order chi connectivity index (χ1) is 11.1. The van der Waals surface area contributed by atoms with Crippen molar-refractivity contribution in [1.29, 1.82) is 0 Å². The van der Waals surface area contributed by atoms with E-state index in [1.807, 2.05) is 37.3 Å². The normalized spacial score (nSPS) is 16.3. The van der Waals surface area contributed by atoms with Gasteiger partial charge >= 0.3 is 0 Å². The largest absolute Gasteiger partial charge is 0.493 e. The van der Waals surface area contributed by atoms with Crippen LogP contribution >= 0.6 is 11.3 Å². The van der Waals surface area contributed by atoms with E-state index in [-0.39, 0.29) is 6.23 Å². The van der Waals surface area contributed by atoms with Crippen molar-refractivity contribution in [2.24, 2.45) is 4.99 Å². The Labute approximate surface area is 140 Å². The number of fused-ring (bicyclic) bond motifs is 1. The van der Waals surface area contributed by atoms with Gasteiger partial charge in [0.2, 0.25) is 6.23 Å². The van der Waals surface area contributed by atoms with Gasteiger partial charge in [-0.1, -0.05) is 18.2 Å². The minimum atomic E-state index is -0.349. The first kappa shape index (κ1) is 15.6. The van der Waals surface area contributed by atoms with Crippen molar-refractivity contribution in [3.63, 3.8) is 0 Å². The SMILES string of the molecule is C/C=C/c1ccc(O[C@H]2N=CNc3sc(C)c(C)c32)c(OC)c1. The molecule has 0 saturated carbocycles. The molecule has 0 spiro atoms. The third-order valence-corrected chi connectivity index (χ3v) is 5.02. The Morgan fingerprint density at radius 1 is 1.26 bits per heavy atom. The number of anilines is 1. The van der Waals surface area contributed by atoms with Crippen molar-refractivity contribution >= 4 is 28.8 Å². The van der Waals surface area contributed by atoms with E-state index in [0.717, 1.165) is 16.1 Å². The Morgan fingerprint density at radius 3 is 2.83 bits per heavy atom. The highest BCUT2D eigenvalue weighted by Gasteiger charge is 2.25. The number of thiophene rings is 1. The van der Waals surface area contributed by atoms with E-state index in [4.69, 9.17) is 9.47 Å². The summed E-state index contributed by atoms with van der Waals surface area (Å²) in [6.07, 6.45) is 5.37. The lowest BCUT2D eigenvalue weighted by Crippen LogP contribution is -2.14. The molecule has 0 saturated heterocycles. The number of hydrogen-bond donors (Lipinski definition) is 1. The highest BCUT2D eigenvalue weighted by molar-refractivity contribution is 7.16. The molecule has 5 heteroatoms. The number of benzene rings is 1. The summed E-state index contributed by atoms with van der Waals surface area (Å²) in [5.41, 5.74) is 3.41. The van der Waals surface area contributed by atoms with Crippen LogP contribution in [0, 0.1) is 13.8 Å². The summed E-state index contributed by atoms with van der Waals surface area (Å²) in [6, 6.07) is 5.90. The van der Waals surface area contributed by atoms with Crippen molar-refractivity contribution in [2.75, 3.05) is 12.4 Å². The zero-order chi connectivity index (χ0) is 16.4. The van der Waals surface area contributed by atoms with Gasteiger partial charge in [-0.3, -0.25) is 0 Å². The fourth-order valence-corrected chi connectivity index (χ4v) is 3.62. The quantitative estimate of drug-likeness (QED) is 0.864. The Hall–Kier alpha value is -2.27. The predicted octanol–water partition coefficient (Wildman–Crippen LogP) is 4.94. The summed E-state index contributed by atoms with van der Waals surface area (Å²) >= 11 is 1.73. The van der Waals surface area contributed by atoms with Crippen LogP contribution in [0.3, 0.4) is 0 Å². The van der Waals surface area contributed by atoms with Gasteiger partial charge < -0.3 is 14.8 Å². The Balaban J connectivity index is 1.93. The second kappa shape index (κ2) is 6.46. The second-order valence-electron chi connectivity index (χ2n) is 5.33. The van der Waals surface area contributed by atoms with E-state index >= 15 is 0 Å². The van der Waals surface area contributed by atoms with Crippen molar-refractivity contribution in [3.8, 4) is 11.5 Å². The van der Waals surface area contributed by atoms with Crippen molar-refractivity contribution < 1.29 is 9.47 Å². The molecule has 1 atom stereocenters. The summed E-state index contributed by atoms with van der Waals surface area (Å²) in [4.78, 5) is 5.73. The van der Waals surface area contributed by atoms with Crippen LogP contribution in [0.2, 0.25) is 0 Å². The number of allylic oxidation sites excluding steroid dienone is 1. The lowest BCUT2D eigenvalue weighted by Gasteiger charge is -2.21.